The highest BCUT2D eigenvalue weighted by molar-refractivity contribution is 7.99. The zero-order valence-corrected chi connectivity index (χ0v) is 19.2. The van der Waals surface area contributed by atoms with Crippen LogP contribution in [0.2, 0.25) is 0 Å². The summed E-state index contributed by atoms with van der Waals surface area (Å²) in [6, 6.07) is 13.4. The summed E-state index contributed by atoms with van der Waals surface area (Å²) < 4.78 is 12.7. The molecular formula is C23H28N4O3S. The highest BCUT2D eigenvalue weighted by Gasteiger charge is 2.16. The summed E-state index contributed by atoms with van der Waals surface area (Å²) in [7, 11) is 3.23. The number of nitrogens with zero attached hydrogens (tertiary/aromatic N) is 3. The molecule has 1 N–H and O–H groups in total. The Morgan fingerprint density at radius 3 is 2.55 bits per heavy atom. The minimum Gasteiger partial charge on any atom is -0.497 e. The summed E-state index contributed by atoms with van der Waals surface area (Å²) in [5.41, 5.74) is 2.68. The fraction of sp³-hybridized carbons (Fsp3) is 0.348. The number of anilines is 1. The number of rotatable bonds is 10. The first kappa shape index (κ1) is 22.7. The van der Waals surface area contributed by atoms with Crippen LogP contribution in [0.3, 0.4) is 0 Å². The Hall–Kier alpha value is -3.00. The van der Waals surface area contributed by atoms with Crippen LogP contribution >= 0.6 is 11.8 Å². The maximum absolute atomic E-state index is 12.6. The second kappa shape index (κ2) is 10.9. The third kappa shape index (κ3) is 5.79. The highest BCUT2D eigenvalue weighted by Crippen LogP contribution is 2.28. The van der Waals surface area contributed by atoms with Gasteiger partial charge in [0.05, 0.1) is 25.7 Å². The number of ether oxygens (including phenoxy) is 2. The quantitative estimate of drug-likeness (QED) is 0.456. The molecule has 0 aliphatic heterocycles. The lowest BCUT2D eigenvalue weighted by Crippen LogP contribution is -2.15. The van der Waals surface area contributed by atoms with E-state index >= 15 is 0 Å². The predicted octanol–water partition coefficient (Wildman–Crippen LogP) is 4.80. The fourth-order valence-electron chi connectivity index (χ4n) is 3.10. The van der Waals surface area contributed by atoms with Gasteiger partial charge in [0.15, 0.2) is 11.0 Å². The van der Waals surface area contributed by atoms with Gasteiger partial charge in [0.25, 0.3) is 0 Å². The van der Waals surface area contributed by atoms with Crippen molar-refractivity contribution in [1.82, 2.24) is 14.8 Å². The third-order valence-electron chi connectivity index (χ3n) is 4.76. The van der Waals surface area contributed by atoms with E-state index < -0.39 is 0 Å². The monoisotopic (exact) mass is 440 g/mol. The Kier molecular flexibility index (Phi) is 7.94. The van der Waals surface area contributed by atoms with Crippen molar-refractivity contribution in [1.29, 1.82) is 0 Å². The zero-order chi connectivity index (χ0) is 22.2. The molecule has 0 fully saturated rings. The second-order valence-electron chi connectivity index (χ2n) is 7.08. The van der Waals surface area contributed by atoms with Crippen LogP contribution in [0.15, 0.2) is 47.6 Å². The van der Waals surface area contributed by atoms with Gasteiger partial charge >= 0.3 is 0 Å². The predicted molar refractivity (Wildman–Crippen MR) is 124 cm³/mol. The van der Waals surface area contributed by atoms with Crippen molar-refractivity contribution >= 4 is 23.4 Å². The van der Waals surface area contributed by atoms with E-state index in [1.54, 1.807) is 14.2 Å². The molecule has 0 bridgehead atoms. The lowest BCUT2D eigenvalue weighted by Gasteiger charge is -2.12. The van der Waals surface area contributed by atoms with Crippen LogP contribution in [0.5, 0.6) is 11.5 Å². The Labute approximate surface area is 187 Å². The van der Waals surface area contributed by atoms with Crippen molar-refractivity contribution < 1.29 is 14.3 Å². The van der Waals surface area contributed by atoms with Gasteiger partial charge in [0, 0.05) is 12.1 Å². The van der Waals surface area contributed by atoms with Crippen LogP contribution in [0.4, 0.5) is 5.69 Å². The van der Waals surface area contributed by atoms with Gasteiger partial charge in [-0.25, -0.2) is 0 Å². The van der Waals surface area contributed by atoms with Gasteiger partial charge in [0.1, 0.15) is 11.5 Å². The van der Waals surface area contributed by atoms with Crippen LogP contribution in [0.1, 0.15) is 25.3 Å². The number of carbonyl (C=O) groups is 1. The summed E-state index contributed by atoms with van der Waals surface area (Å²) in [4.78, 5) is 12.6. The second-order valence-corrected chi connectivity index (χ2v) is 8.02. The van der Waals surface area contributed by atoms with E-state index in [2.05, 4.69) is 27.0 Å². The number of carbonyl (C=O) groups excluding carboxylic acids is 1. The molecule has 7 nitrogen and oxygen atoms in total. The van der Waals surface area contributed by atoms with Crippen molar-refractivity contribution in [2.75, 3.05) is 25.3 Å². The van der Waals surface area contributed by atoms with Crippen LogP contribution in [-0.4, -0.2) is 40.6 Å². The van der Waals surface area contributed by atoms with Crippen LogP contribution in [0, 0.1) is 6.92 Å². The Morgan fingerprint density at radius 2 is 1.87 bits per heavy atom. The molecule has 1 heterocycles. The number of hydrogen-bond acceptors (Lipinski definition) is 6. The first-order valence-electron chi connectivity index (χ1n) is 10.2. The topological polar surface area (TPSA) is 78.3 Å². The lowest BCUT2D eigenvalue weighted by molar-refractivity contribution is -0.113. The number of benzene rings is 2. The molecule has 0 spiro atoms. The number of thioether (sulfide) groups is 1. The van der Waals surface area contributed by atoms with Crippen molar-refractivity contribution in [3.63, 3.8) is 0 Å². The lowest BCUT2D eigenvalue weighted by atomic mass is 10.2. The molecule has 0 saturated carbocycles. The normalized spacial score (nSPS) is 10.7. The molecule has 2 aromatic carbocycles. The molecule has 0 unspecified atom stereocenters. The smallest absolute Gasteiger partial charge is 0.234 e. The van der Waals surface area contributed by atoms with Crippen LogP contribution in [0.25, 0.3) is 11.4 Å². The fourth-order valence-corrected chi connectivity index (χ4v) is 3.87. The number of aryl methyl sites for hydroxylation is 1. The molecule has 1 amide bonds. The number of aromatic nitrogens is 3. The summed E-state index contributed by atoms with van der Waals surface area (Å²) in [5.74, 6) is 2.33. The summed E-state index contributed by atoms with van der Waals surface area (Å²) >= 11 is 1.38. The van der Waals surface area contributed by atoms with Gasteiger partial charge in [-0.15, -0.1) is 10.2 Å². The molecule has 3 aromatic rings. The summed E-state index contributed by atoms with van der Waals surface area (Å²) in [6.07, 6.45) is 2.05. The first-order chi connectivity index (χ1) is 15.0. The van der Waals surface area contributed by atoms with Crippen molar-refractivity contribution in [3.8, 4) is 22.9 Å². The van der Waals surface area contributed by atoms with Crippen molar-refractivity contribution in [2.45, 2.75) is 38.4 Å². The SMILES string of the molecule is CCCCn1c(SCC(=O)Nc2cc(C)ccc2OC)nnc1-c1ccc(OC)cc1. The molecule has 3 rings (SSSR count). The molecule has 0 atom stereocenters. The molecule has 8 heteroatoms. The average Bonchev–Trinajstić information content (AvgIpc) is 3.19. The highest BCUT2D eigenvalue weighted by atomic mass is 32.2. The maximum atomic E-state index is 12.6. The van der Waals surface area contributed by atoms with Crippen LogP contribution in [-0.2, 0) is 11.3 Å². The van der Waals surface area contributed by atoms with E-state index in [4.69, 9.17) is 9.47 Å². The average molecular weight is 441 g/mol. The van der Waals surface area contributed by atoms with Crippen LogP contribution < -0.4 is 14.8 Å². The molecule has 0 aliphatic carbocycles. The van der Waals surface area contributed by atoms with Gasteiger partial charge < -0.3 is 19.4 Å². The third-order valence-corrected chi connectivity index (χ3v) is 5.73. The molecule has 31 heavy (non-hydrogen) atoms. The number of hydrogen-bond donors (Lipinski definition) is 1. The van der Waals surface area contributed by atoms with E-state index in [0.717, 1.165) is 47.2 Å². The summed E-state index contributed by atoms with van der Waals surface area (Å²) in [6.45, 7) is 4.91. The number of amides is 1. The Balaban J connectivity index is 1.74. The maximum Gasteiger partial charge on any atom is 0.234 e. The first-order valence-corrected chi connectivity index (χ1v) is 11.2. The van der Waals surface area contributed by atoms with E-state index in [0.29, 0.717) is 11.4 Å². The van der Waals surface area contributed by atoms with Gasteiger partial charge in [-0.05, 0) is 55.3 Å². The number of methoxy groups -OCH3 is 2. The van der Waals surface area contributed by atoms with Gasteiger partial charge in [-0.1, -0.05) is 31.2 Å². The largest absolute Gasteiger partial charge is 0.497 e. The summed E-state index contributed by atoms with van der Waals surface area (Å²) in [5, 5.41) is 12.4. The Bertz CT molecular complexity index is 1020. The van der Waals surface area contributed by atoms with Gasteiger partial charge in [-0.3, -0.25) is 4.79 Å². The standard InChI is InChI=1S/C23H28N4O3S/c1-5-6-13-27-22(17-8-10-18(29-3)11-9-17)25-26-23(27)31-15-21(28)24-19-14-16(2)7-12-20(19)30-4/h7-12,14H,5-6,13,15H2,1-4H3,(H,24,28). The molecule has 1 aromatic heterocycles. The minimum atomic E-state index is -0.120. The van der Waals surface area contributed by atoms with E-state index in [1.807, 2.05) is 49.4 Å². The number of unbranched alkanes of at least 4 members (excludes halogenated alkanes) is 1. The molecule has 0 radical (unpaired) electrons. The minimum absolute atomic E-state index is 0.120. The van der Waals surface area contributed by atoms with E-state index in [-0.39, 0.29) is 11.7 Å². The zero-order valence-electron chi connectivity index (χ0n) is 18.3. The molecular weight excluding hydrogens is 412 g/mol. The molecule has 164 valence electrons. The molecule has 0 aliphatic rings. The van der Waals surface area contributed by atoms with E-state index in [9.17, 15) is 4.79 Å². The van der Waals surface area contributed by atoms with Gasteiger partial charge in [0.2, 0.25) is 5.91 Å². The Morgan fingerprint density at radius 1 is 1.10 bits per heavy atom. The van der Waals surface area contributed by atoms with Crippen molar-refractivity contribution in [2.24, 2.45) is 0 Å². The van der Waals surface area contributed by atoms with Gasteiger partial charge in [-0.2, -0.15) is 0 Å². The molecule has 0 saturated heterocycles. The number of nitrogens with one attached hydrogen (secondary N) is 1. The van der Waals surface area contributed by atoms with E-state index in [1.165, 1.54) is 11.8 Å². The van der Waals surface area contributed by atoms with Crippen molar-refractivity contribution in [3.05, 3.63) is 48.0 Å².